The highest BCUT2D eigenvalue weighted by Crippen LogP contribution is 2.56. The molecule has 6 rings (SSSR count). The van der Waals surface area contributed by atoms with E-state index in [1.165, 1.54) is 48.4 Å². The molecular weight excluding hydrogens is 538 g/mol. The molecule has 2 fully saturated rings. The number of β-lactam (4-membered cyclic amide) rings is 1. The topological polar surface area (TPSA) is 199 Å². The normalized spacial score (nSPS) is 21.9. The summed E-state index contributed by atoms with van der Waals surface area (Å²) in [6, 6.07) is 6.41. The van der Waals surface area contributed by atoms with E-state index in [-0.39, 0.29) is 28.1 Å². The maximum Gasteiger partial charge on any atom is 0.257 e. The lowest BCUT2D eigenvalue weighted by Gasteiger charge is -2.44. The molecule has 204 valence electrons. The Morgan fingerprint density at radius 1 is 1.18 bits per heavy atom. The Morgan fingerprint density at radius 3 is 2.67 bits per heavy atom. The molecule has 1 aromatic carbocycles. The van der Waals surface area contributed by atoms with Crippen LogP contribution in [-0.4, -0.2) is 74.5 Å². The molecule has 2 aliphatic rings. The van der Waals surface area contributed by atoms with E-state index in [0.717, 1.165) is 0 Å². The van der Waals surface area contributed by atoms with Crippen molar-refractivity contribution in [1.29, 1.82) is 0 Å². The van der Waals surface area contributed by atoms with Crippen LogP contribution in [0, 0.1) is 0 Å². The first-order chi connectivity index (χ1) is 19.2. The summed E-state index contributed by atoms with van der Waals surface area (Å²) in [5.74, 6) is -1.44. The van der Waals surface area contributed by atoms with Crippen LogP contribution in [0.4, 0.5) is 0 Å². The number of thioether (sulfide) groups is 1. The van der Waals surface area contributed by atoms with E-state index in [2.05, 4.69) is 41.2 Å². The minimum absolute atomic E-state index is 0.0341. The number of hydrogen-bond acceptors (Lipinski definition) is 10. The number of pyridine rings is 2. The van der Waals surface area contributed by atoms with Gasteiger partial charge in [0.05, 0.1) is 5.52 Å². The van der Waals surface area contributed by atoms with Crippen LogP contribution in [0.3, 0.4) is 0 Å². The summed E-state index contributed by atoms with van der Waals surface area (Å²) in [6.07, 6.45) is 2.70. The predicted octanol–water partition coefficient (Wildman–Crippen LogP) is 0.533. The van der Waals surface area contributed by atoms with Gasteiger partial charge in [-0.15, -0.1) is 22.0 Å². The number of phenolic OH excluding ortho intramolecular Hbond substituents is 1. The number of amides is 3. The molecule has 0 aliphatic carbocycles. The summed E-state index contributed by atoms with van der Waals surface area (Å²) < 4.78 is -0.459. The zero-order chi connectivity index (χ0) is 28.2. The second-order valence-electron chi connectivity index (χ2n) is 9.95. The Kier molecular flexibility index (Phi) is 6.02. The molecule has 0 spiro atoms. The molecule has 5 N–H and O–H groups in total. The Morgan fingerprint density at radius 2 is 1.95 bits per heavy atom. The van der Waals surface area contributed by atoms with Crippen molar-refractivity contribution in [1.82, 2.24) is 46.1 Å². The molecule has 3 aromatic heterocycles. The molecule has 2 aliphatic heterocycles. The number of hydrogen-bond donors (Lipinski definition) is 5. The summed E-state index contributed by atoms with van der Waals surface area (Å²) in [7, 11) is 0. The number of fused-ring (bicyclic) bond motifs is 2. The summed E-state index contributed by atoms with van der Waals surface area (Å²) in [5.41, 5.74) is 0.0501. The predicted molar refractivity (Wildman–Crippen MR) is 142 cm³/mol. The van der Waals surface area contributed by atoms with E-state index in [4.69, 9.17) is 0 Å². The van der Waals surface area contributed by atoms with Gasteiger partial charge in [0.25, 0.3) is 5.91 Å². The number of aromatic hydroxyl groups is 1. The maximum atomic E-state index is 13.6. The van der Waals surface area contributed by atoms with Gasteiger partial charge < -0.3 is 25.6 Å². The monoisotopic (exact) mass is 561 g/mol. The van der Waals surface area contributed by atoms with Gasteiger partial charge in [-0.3, -0.25) is 24.2 Å². The SMILES string of the molecule is CC1(C)S[C@H]2C(NC(=O)C(NC(=O)c3c[nH]c4cccnc4c3=O)c3ccc(O)cc3)C(=O)N2C1c1nn[nH]n1. The van der Waals surface area contributed by atoms with Gasteiger partial charge >= 0.3 is 0 Å². The highest BCUT2D eigenvalue weighted by molar-refractivity contribution is 8.01. The van der Waals surface area contributed by atoms with Crippen LogP contribution < -0.4 is 16.1 Å². The third-order valence-corrected chi connectivity index (χ3v) is 8.56. The van der Waals surface area contributed by atoms with Crippen molar-refractivity contribution in [3.05, 3.63) is 76.0 Å². The first-order valence-corrected chi connectivity index (χ1v) is 13.1. The molecule has 0 radical (unpaired) electrons. The number of nitrogens with one attached hydrogen (secondary N) is 4. The molecule has 4 aromatic rings. The van der Waals surface area contributed by atoms with Gasteiger partial charge in [-0.05, 0) is 43.7 Å². The molecule has 40 heavy (non-hydrogen) atoms. The van der Waals surface area contributed by atoms with Crippen LogP contribution in [0.25, 0.3) is 11.0 Å². The first kappa shape index (κ1) is 25.5. The number of tetrazole rings is 1. The lowest BCUT2D eigenvalue weighted by molar-refractivity contribution is -0.152. The fourth-order valence-corrected chi connectivity index (χ4v) is 6.71. The number of aromatic nitrogens is 6. The van der Waals surface area contributed by atoms with Crippen LogP contribution >= 0.6 is 11.8 Å². The number of rotatable bonds is 6. The van der Waals surface area contributed by atoms with Gasteiger partial charge in [-0.1, -0.05) is 17.3 Å². The Bertz CT molecular complexity index is 1690. The molecule has 5 heterocycles. The molecule has 3 amide bonds. The summed E-state index contributed by atoms with van der Waals surface area (Å²) in [6.45, 7) is 3.91. The lowest BCUT2D eigenvalue weighted by Crippen LogP contribution is -2.68. The summed E-state index contributed by atoms with van der Waals surface area (Å²) >= 11 is 1.50. The van der Waals surface area contributed by atoms with Gasteiger partial charge in [-0.25, -0.2) is 0 Å². The lowest BCUT2D eigenvalue weighted by atomic mass is 9.95. The van der Waals surface area contributed by atoms with E-state index in [0.29, 0.717) is 16.9 Å². The van der Waals surface area contributed by atoms with E-state index in [1.54, 1.807) is 17.0 Å². The van der Waals surface area contributed by atoms with E-state index in [1.807, 2.05) is 13.8 Å². The third-order valence-electron chi connectivity index (χ3n) is 6.99. The van der Waals surface area contributed by atoms with Crippen LogP contribution in [0.15, 0.2) is 53.6 Å². The van der Waals surface area contributed by atoms with E-state index < -0.39 is 40.1 Å². The van der Waals surface area contributed by atoms with Gasteiger partial charge in [0.15, 0.2) is 5.82 Å². The largest absolute Gasteiger partial charge is 0.508 e. The van der Waals surface area contributed by atoms with Crippen LogP contribution in [0.2, 0.25) is 0 Å². The van der Waals surface area contributed by atoms with Crippen LogP contribution in [0.1, 0.15) is 47.7 Å². The van der Waals surface area contributed by atoms with Gasteiger partial charge in [-0.2, -0.15) is 5.21 Å². The van der Waals surface area contributed by atoms with Crippen molar-refractivity contribution in [2.75, 3.05) is 0 Å². The second kappa shape index (κ2) is 9.44. The zero-order valence-corrected chi connectivity index (χ0v) is 22.0. The summed E-state index contributed by atoms with van der Waals surface area (Å²) in [4.78, 5) is 61.6. The number of carbonyl (C=O) groups excluding carboxylic acids is 3. The molecular formula is C25H23N9O5S. The minimum atomic E-state index is -1.28. The average Bonchev–Trinajstić information content (AvgIpc) is 3.55. The van der Waals surface area contributed by atoms with Crippen molar-refractivity contribution in [3.63, 3.8) is 0 Å². The smallest absolute Gasteiger partial charge is 0.257 e. The van der Waals surface area contributed by atoms with E-state index >= 15 is 0 Å². The van der Waals surface area contributed by atoms with Crippen molar-refractivity contribution >= 4 is 40.5 Å². The van der Waals surface area contributed by atoms with Crippen molar-refractivity contribution in [3.8, 4) is 5.75 Å². The second-order valence-corrected chi connectivity index (χ2v) is 11.7. The summed E-state index contributed by atoms with van der Waals surface area (Å²) in [5, 5.41) is 28.9. The highest BCUT2D eigenvalue weighted by Gasteiger charge is 2.63. The Labute approximate surface area is 230 Å². The number of carbonyl (C=O) groups is 3. The number of nitrogens with zero attached hydrogens (tertiary/aromatic N) is 5. The maximum absolute atomic E-state index is 13.6. The van der Waals surface area contributed by atoms with Crippen molar-refractivity contribution in [2.24, 2.45) is 0 Å². The van der Waals surface area contributed by atoms with E-state index in [9.17, 15) is 24.3 Å². The fourth-order valence-electron chi connectivity index (χ4n) is 5.08. The third kappa shape index (κ3) is 4.14. The average molecular weight is 562 g/mol. The van der Waals surface area contributed by atoms with Gasteiger partial charge in [0.1, 0.15) is 40.3 Å². The van der Waals surface area contributed by atoms with Crippen molar-refractivity contribution < 1.29 is 19.5 Å². The number of benzene rings is 1. The van der Waals surface area contributed by atoms with Crippen LogP contribution in [0.5, 0.6) is 5.75 Å². The molecule has 14 nitrogen and oxygen atoms in total. The highest BCUT2D eigenvalue weighted by atomic mass is 32.2. The molecule has 3 unspecified atom stereocenters. The van der Waals surface area contributed by atoms with Gasteiger partial charge in [0, 0.05) is 17.1 Å². The van der Waals surface area contributed by atoms with Crippen LogP contribution in [-0.2, 0) is 9.59 Å². The Balaban J connectivity index is 1.26. The fraction of sp³-hybridized carbons (Fsp3) is 0.280. The molecule has 0 bridgehead atoms. The molecule has 15 heteroatoms. The number of aromatic amines is 2. The molecule has 2 saturated heterocycles. The Hall–Kier alpha value is -4.79. The first-order valence-electron chi connectivity index (χ1n) is 12.3. The minimum Gasteiger partial charge on any atom is -0.508 e. The number of phenols is 1. The molecule has 4 atom stereocenters. The van der Waals surface area contributed by atoms with Gasteiger partial charge in [0.2, 0.25) is 17.2 Å². The standard InChI is InChI=1S/C25H23N9O5S/c1-25(2)19(20-30-32-33-31-20)34-23(39)17(24(34)40-25)29-22(38)15(11-5-7-12(35)8-6-11)28-21(37)13-10-27-14-4-3-9-26-16(14)18(13)36/h3-10,15,17,19,24,35H,1-2H3,(H,27,36)(H,28,37)(H,29,38)(H,30,31,32,33)/t15?,17?,19?,24-/m0/s1. The quantitative estimate of drug-likeness (QED) is 0.207. The zero-order valence-electron chi connectivity index (χ0n) is 21.2. The molecule has 0 saturated carbocycles. The number of H-pyrrole nitrogens is 2. The van der Waals surface area contributed by atoms with Crippen molar-refractivity contribution in [2.45, 2.75) is 42.1 Å².